The van der Waals surface area contributed by atoms with E-state index in [0.717, 1.165) is 6.07 Å². The largest absolute Gasteiger partial charge is 0.486 e. The van der Waals surface area contributed by atoms with E-state index in [0.29, 0.717) is 16.5 Å². The van der Waals surface area contributed by atoms with Crippen molar-refractivity contribution < 1.29 is 23.0 Å². The number of rotatable bonds is 5. The topological polar surface area (TPSA) is 35.5 Å². The zero-order valence-corrected chi connectivity index (χ0v) is 12.1. The van der Waals surface area contributed by atoms with E-state index in [9.17, 15) is 13.6 Å². The van der Waals surface area contributed by atoms with Gasteiger partial charge in [-0.1, -0.05) is 22.9 Å². The van der Waals surface area contributed by atoms with Crippen LogP contribution in [0.25, 0.3) is 0 Å². The van der Waals surface area contributed by atoms with Crippen LogP contribution in [0, 0.1) is 11.6 Å². The average molecular weight is 335 g/mol. The number of ether oxygens (including phenoxy) is 2. The molecule has 0 atom stereocenters. The van der Waals surface area contributed by atoms with Crippen molar-refractivity contribution in [1.29, 1.82) is 0 Å². The first-order chi connectivity index (χ1) is 8.99. The van der Waals surface area contributed by atoms with Gasteiger partial charge in [-0.25, -0.2) is 9.18 Å². The molecule has 3 nitrogen and oxygen atoms in total. The highest BCUT2D eigenvalue weighted by Gasteiger charge is 2.11. The Morgan fingerprint density at radius 2 is 2.11 bits per heavy atom. The normalized spacial score (nSPS) is 11.3. The molecule has 0 bridgehead atoms. The first-order valence-corrected chi connectivity index (χ1v) is 6.33. The Bertz CT molecular complexity index is 501. The second-order valence-electron chi connectivity index (χ2n) is 3.59. The first-order valence-electron chi connectivity index (χ1n) is 5.54. The highest BCUT2D eigenvalue weighted by Crippen LogP contribution is 2.25. The molecule has 0 unspecified atom stereocenters. The van der Waals surface area contributed by atoms with Crippen molar-refractivity contribution in [3.63, 3.8) is 0 Å². The molecule has 0 aliphatic heterocycles. The molecule has 0 N–H and O–H groups in total. The Morgan fingerprint density at radius 3 is 2.68 bits per heavy atom. The van der Waals surface area contributed by atoms with Crippen molar-refractivity contribution >= 4 is 21.9 Å². The second-order valence-corrected chi connectivity index (χ2v) is 4.50. The molecule has 1 rings (SSSR count). The average Bonchev–Trinajstić information content (AvgIpc) is 2.39. The fourth-order valence-corrected chi connectivity index (χ4v) is 1.78. The van der Waals surface area contributed by atoms with Crippen molar-refractivity contribution in [3.8, 4) is 5.75 Å². The Hall–Kier alpha value is -1.43. The SMILES string of the molecule is CC/C(=C/COc1cc(Br)cc(F)c1F)C(=O)OC. The van der Waals surface area contributed by atoms with Gasteiger partial charge in [-0.05, 0) is 24.6 Å². The molecular formula is C13H13BrF2O3. The molecule has 0 spiro atoms. The highest BCUT2D eigenvalue weighted by atomic mass is 79.9. The number of halogens is 3. The maximum atomic E-state index is 13.4. The van der Waals surface area contributed by atoms with Gasteiger partial charge in [-0.3, -0.25) is 0 Å². The molecule has 6 heteroatoms. The quantitative estimate of drug-likeness (QED) is 0.468. The summed E-state index contributed by atoms with van der Waals surface area (Å²) in [5.41, 5.74) is 0.415. The van der Waals surface area contributed by atoms with Crippen LogP contribution in [-0.2, 0) is 9.53 Å². The van der Waals surface area contributed by atoms with E-state index in [-0.39, 0.29) is 12.4 Å². The van der Waals surface area contributed by atoms with Crippen LogP contribution in [0.4, 0.5) is 8.78 Å². The van der Waals surface area contributed by atoms with E-state index in [2.05, 4.69) is 20.7 Å². The van der Waals surface area contributed by atoms with Gasteiger partial charge < -0.3 is 9.47 Å². The van der Waals surface area contributed by atoms with Crippen LogP contribution in [0.2, 0.25) is 0 Å². The molecular weight excluding hydrogens is 322 g/mol. The van der Waals surface area contributed by atoms with Crippen LogP contribution in [0.1, 0.15) is 13.3 Å². The van der Waals surface area contributed by atoms with Gasteiger partial charge in [0.2, 0.25) is 5.82 Å². The summed E-state index contributed by atoms with van der Waals surface area (Å²) in [6.07, 6.45) is 1.94. The minimum Gasteiger partial charge on any atom is -0.486 e. The monoisotopic (exact) mass is 334 g/mol. The Balaban J connectivity index is 2.77. The molecule has 0 aromatic heterocycles. The molecule has 19 heavy (non-hydrogen) atoms. The molecule has 0 fully saturated rings. The number of methoxy groups -OCH3 is 1. The lowest BCUT2D eigenvalue weighted by Gasteiger charge is -2.07. The van der Waals surface area contributed by atoms with E-state index in [1.165, 1.54) is 19.3 Å². The maximum absolute atomic E-state index is 13.4. The molecule has 0 amide bonds. The van der Waals surface area contributed by atoms with Crippen LogP contribution >= 0.6 is 15.9 Å². The van der Waals surface area contributed by atoms with Crippen LogP contribution in [0.3, 0.4) is 0 Å². The van der Waals surface area contributed by atoms with E-state index in [1.807, 2.05) is 0 Å². The van der Waals surface area contributed by atoms with Crippen LogP contribution < -0.4 is 4.74 Å². The molecule has 0 saturated heterocycles. The minimum absolute atomic E-state index is 0.0505. The van der Waals surface area contributed by atoms with Crippen molar-refractivity contribution in [1.82, 2.24) is 0 Å². The van der Waals surface area contributed by atoms with Crippen molar-refractivity contribution in [2.45, 2.75) is 13.3 Å². The fraction of sp³-hybridized carbons (Fsp3) is 0.308. The van der Waals surface area contributed by atoms with Gasteiger partial charge >= 0.3 is 5.97 Å². The lowest BCUT2D eigenvalue weighted by molar-refractivity contribution is -0.136. The van der Waals surface area contributed by atoms with Crippen LogP contribution in [-0.4, -0.2) is 19.7 Å². The maximum Gasteiger partial charge on any atom is 0.333 e. The summed E-state index contributed by atoms with van der Waals surface area (Å²) in [7, 11) is 1.27. The van der Waals surface area contributed by atoms with Gasteiger partial charge in [-0.2, -0.15) is 4.39 Å². The van der Waals surface area contributed by atoms with Crippen molar-refractivity contribution in [2.24, 2.45) is 0 Å². The zero-order valence-electron chi connectivity index (χ0n) is 10.5. The number of hydrogen-bond donors (Lipinski definition) is 0. The summed E-state index contributed by atoms with van der Waals surface area (Å²) in [6, 6.07) is 2.32. The second kappa shape index (κ2) is 7.23. The molecule has 0 heterocycles. The van der Waals surface area contributed by atoms with E-state index in [4.69, 9.17) is 4.74 Å². The third-order valence-electron chi connectivity index (χ3n) is 2.36. The van der Waals surface area contributed by atoms with E-state index >= 15 is 0 Å². The summed E-state index contributed by atoms with van der Waals surface area (Å²) < 4.78 is 36.5. The van der Waals surface area contributed by atoms with Crippen molar-refractivity contribution in [3.05, 3.63) is 39.9 Å². The lowest BCUT2D eigenvalue weighted by atomic mass is 10.2. The standard InChI is InChI=1S/C13H13BrF2O3/c1-3-8(13(17)18-2)4-5-19-11-7-9(14)6-10(15)12(11)16/h4,6-7H,3,5H2,1-2H3/b8-4-. The minimum atomic E-state index is -1.06. The summed E-state index contributed by atoms with van der Waals surface area (Å²) in [6.45, 7) is 1.73. The first kappa shape index (κ1) is 15.6. The zero-order chi connectivity index (χ0) is 14.4. The Morgan fingerprint density at radius 1 is 1.42 bits per heavy atom. The Labute approximate surface area is 118 Å². The number of esters is 1. The molecule has 1 aromatic carbocycles. The van der Waals surface area contributed by atoms with Gasteiger partial charge in [0.15, 0.2) is 11.6 Å². The predicted molar refractivity (Wildman–Crippen MR) is 69.9 cm³/mol. The molecule has 0 radical (unpaired) electrons. The summed E-state index contributed by atoms with van der Waals surface area (Å²) in [4.78, 5) is 11.3. The van der Waals surface area contributed by atoms with Gasteiger partial charge in [0.25, 0.3) is 0 Å². The summed E-state index contributed by atoms with van der Waals surface area (Å²) in [5, 5.41) is 0. The van der Waals surface area contributed by atoms with Gasteiger partial charge in [-0.15, -0.1) is 0 Å². The number of carbonyl (C=O) groups excluding carboxylic acids is 1. The number of hydrogen-bond acceptors (Lipinski definition) is 3. The molecule has 0 saturated carbocycles. The smallest absolute Gasteiger partial charge is 0.333 e. The number of benzene rings is 1. The summed E-state index contributed by atoms with van der Waals surface area (Å²) in [5.74, 6) is -2.75. The van der Waals surface area contributed by atoms with E-state index in [1.54, 1.807) is 6.92 Å². The van der Waals surface area contributed by atoms with Gasteiger partial charge in [0.1, 0.15) is 6.61 Å². The molecule has 0 aliphatic rings. The lowest BCUT2D eigenvalue weighted by Crippen LogP contribution is -2.06. The van der Waals surface area contributed by atoms with Gasteiger partial charge in [0.05, 0.1) is 7.11 Å². The van der Waals surface area contributed by atoms with Crippen LogP contribution in [0.15, 0.2) is 28.3 Å². The third-order valence-corrected chi connectivity index (χ3v) is 2.81. The third kappa shape index (κ3) is 4.31. The van der Waals surface area contributed by atoms with Crippen LogP contribution in [0.5, 0.6) is 5.75 Å². The van der Waals surface area contributed by atoms with Gasteiger partial charge in [0, 0.05) is 10.0 Å². The highest BCUT2D eigenvalue weighted by molar-refractivity contribution is 9.10. The van der Waals surface area contributed by atoms with Crippen molar-refractivity contribution in [2.75, 3.05) is 13.7 Å². The molecule has 0 aliphatic carbocycles. The fourth-order valence-electron chi connectivity index (χ4n) is 1.37. The van der Waals surface area contributed by atoms with E-state index < -0.39 is 17.6 Å². The number of carbonyl (C=O) groups is 1. The summed E-state index contributed by atoms with van der Waals surface area (Å²) >= 11 is 3.04. The molecule has 104 valence electrons. The Kier molecular flexibility index (Phi) is 5.95. The molecule has 1 aromatic rings. The predicted octanol–water partition coefficient (Wildman–Crippen LogP) is 3.62.